The second kappa shape index (κ2) is 13.5. The lowest BCUT2D eigenvalue weighted by molar-refractivity contribution is 0.0206. The van der Waals surface area contributed by atoms with Gasteiger partial charge in [-0.25, -0.2) is 27.2 Å². The van der Waals surface area contributed by atoms with Crippen LogP contribution in [0.1, 0.15) is 53.0 Å². The van der Waals surface area contributed by atoms with Crippen LogP contribution >= 0.6 is 0 Å². The Morgan fingerprint density at radius 3 is 2.45 bits per heavy atom. The van der Waals surface area contributed by atoms with E-state index >= 15 is 0 Å². The van der Waals surface area contributed by atoms with E-state index in [-0.39, 0.29) is 23.1 Å². The van der Waals surface area contributed by atoms with Gasteiger partial charge >= 0.3 is 6.09 Å². The fraction of sp³-hybridized carbons (Fsp3) is 0.361. The molecule has 13 heteroatoms. The molecule has 49 heavy (non-hydrogen) atoms. The highest BCUT2D eigenvalue weighted by atomic mass is 32.2. The zero-order chi connectivity index (χ0) is 34.9. The van der Waals surface area contributed by atoms with Gasteiger partial charge in [0.25, 0.3) is 10.0 Å². The Hall–Kier alpha value is -5.04. The number of hydrogen-bond acceptors (Lipinski definition) is 10. The number of likely N-dealkylation sites (tertiary alicyclic amines) is 1. The van der Waals surface area contributed by atoms with Gasteiger partial charge in [-0.3, -0.25) is 9.97 Å². The molecule has 0 radical (unpaired) electrons. The molecule has 256 valence electrons. The minimum atomic E-state index is -3.97. The third-order valence-corrected chi connectivity index (χ3v) is 9.64. The monoisotopic (exact) mass is 683 g/mol. The predicted molar refractivity (Wildman–Crippen MR) is 188 cm³/mol. The van der Waals surface area contributed by atoms with Crippen molar-refractivity contribution in [3.63, 3.8) is 0 Å². The SMILES string of the molecule is Cc1ccc(S(=O)(=O)n2cc(-c3cncc(NC4CCCN(C(=O)OC(C)(C)C)C4)n3)c3cc(-c4cncc(OC(C)C)n4)ccc32)cc1. The smallest absolute Gasteiger partial charge is 0.410 e. The number of rotatable bonds is 8. The molecule has 4 heterocycles. The van der Waals surface area contributed by atoms with E-state index in [1.807, 2.05) is 53.7 Å². The van der Waals surface area contributed by atoms with Gasteiger partial charge in [0, 0.05) is 41.8 Å². The molecule has 1 aliphatic heterocycles. The summed E-state index contributed by atoms with van der Waals surface area (Å²) in [6.07, 6.45) is 9.25. The summed E-state index contributed by atoms with van der Waals surface area (Å²) in [4.78, 5) is 32.9. The van der Waals surface area contributed by atoms with E-state index in [2.05, 4.69) is 20.3 Å². The molecule has 1 fully saturated rings. The summed E-state index contributed by atoms with van der Waals surface area (Å²) >= 11 is 0. The first-order valence-corrected chi connectivity index (χ1v) is 17.7. The van der Waals surface area contributed by atoms with Crippen LogP contribution in [0.4, 0.5) is 10.6 Å². The van der Waals surface area contributed by atoms with Gasteiger partial charge in [0.15, 0.2) is 0 Å². The molecule has 1 N–H and O–H groups in total. The lowest BCUT2D eigenvalue weighted by Gasteiger charge is -2.34. The molecule has 0 saturated carbocycles. The van der Waals surface area contributed by atoms with Crippen LogP contribution < -0.4 is 10.1 Å². The van der Waals surface area contributed by atoms with Crippen molar-refractivity contribution in [2.75, 3.05) is 18.4 Å². The number of piperidine rings is 1. The summed E-state index contributed by atoms with van der Waals surface area (Å²) in [5.41, 5.74) is 3.21. The van der Waals surface area contributed by atoms with E-state index < -0.39 is 15.6 Å². The maximum absolute atomic E-state index is 14.0. The standard InChI is InChI=1S/C36H41N7O5S/c1-23(2)47-34-20-38-17-30(41-34)25-11-14-32-28(16-25)29(22-43(32)49(45,46)27-12-9-24(3)10-13-27)31-18-37-19-33(40-31)39-26-8-7-15-42(21-26)35(44)48-36(4,5)6/h9-14,16-20,22-23,26H,7-8,15,21H2,1-6H3,(H,39,40). The predicted octanol–water partition coefficient (Wildman–Crippen LogP) is 6.70. The van der Waals surface area contributed by atoms with E-state index in [0.29, 0.717) is 52.6 Å². The number of amides is 1. The fourth-order valence-electron chi connectivity index (χ4n) is 5.73. The van der Waals surface area contributed by atoms with Gasteiger partial charge in [-0.2, -0.15) is 0 Å². The number of fused-ring (bicyclic) bond motifs is 1. The molecule has 6 rings (SSSR count). The summed E-state index contributed by atoms with van der Waals surface area (Å²) in [5, 5.41) is 4.08. The maximum Gasteiger partial charge on any atom is 0.410 e. The average Bonchev–Trinajstić information content (AvgIpc) is 3.44. The summed E-state index contributed by atoms with van der Waals surface area (Å²) in [6.45, 7) is 12.4. The largest absolute Gasteiger partial charge is 0.474 e. The van der Waals surface area contributed by atoms with E-state index in [4.69, 9.17) is 14.5 Å². The highest BCUT2D eigenvalue weighted by molar-refractivity contribution is 7.90. The number of carbonyl (C=O) groups is 1. The summed E-state index contributed by atoms with van der Waals surface area (Å²) < 4.78 is 40.7. The Balaban J connectivity index is 1.39. The number of anilines is 1. The van der Waals surface area contributed by atoms with E-state index in [1.165, 1.54) is 3.97 Å². The average molecular weight is 684 g/mol. The van der Waals surface area contributed by atoms with Crippen LogP contribution in [-0.4, -0.2) is 74.2 Å². The first-order chi connectivity index (χ1) is 23.3. The third-order valence-electron chi connectivity index (χ3n) is 7.95. The van der Waals surface area contributed by atoms with Crippen molar-refractivity contribution in [3.8, 4) is 28.4 Å². The van der Waals surface area contributed by atoms with Crippen LogP contribution in [0, 0.1) is 6.92 Å². The highest BCUT2D eigenvalue weighted by Crippen LogP contribution is 2.35. The Labute approximate surface area is 286 Å². The van der Waals surface area contributed by atoms with Crippen molar-refractivity contribution >= 4 is 32.8 Å². The number of ether oxygens (including phenoxy) is 2. The van der Waals surface area contributed by atoms with Gasteiger partial charge in [-0.1, -0.05) is 23.8 Å². The summed E-state index contributed by atoms with van der Waals surface area (Å²) in [5.74, 6) is 0.904. The van der Waals surface area contributed by atoms with Crippen LogP contribution in [0.15, 0.2) is 78.3 Å². The Morgan fingerprint density at radius 1 is 0.980 bits per heavy atom. The highest BCUT2D eigenvalue weighted by Gasteiger charge is 2.28. The minimum Gasteiger partial charge on any atom is -0.474 e. The minimum absolute atomic E-state index is 0.0698. The zero-order valence-electron chi connectivity index (χ0n) is 28.5. The third kappa shape index (κ3) is 7.67. The number of aryl methyl sites for hydroxylation is 1. The second-order valence-electron chi connectivity index (χ2n) is 13.5. The Kier molecular flexibility index (Phi) is 9.30. The van der Waals surface area contributed by atoms with Gasteiger partial charge < -0.3 is 19.7 Å². The van der Waals surface area contributed by atoms with Gasteiger partial charge in [-0.05, 0) is 78.6 Å². The number of nitrogens with zero attached hydrogens (tertiary/aromatic N) is 6. The molecule has 1 amide bonds. The first kappa shape index (κ1) is 33.8. The van der Waals surface area contributed by atoms with Crippen LogP contribution in [0.3, 0.4) is 0 Å². The van der Waals surface area contributed by atoms with Gasteiger partial charge in [0.1, 0.15) is 11.4 Å². The molecule has 1 aliphatic rings. The lowest BCUT2D eigenvalue weighted by Crippen LogP contribution is -2.47. The molecule has 1 unspecified atom stereocenters. The van der Waals surface area contributed by atoms with Crippen LogP contribution in [0.5, 0.6) is 5.88 Å². The van der Waals surface area contributed by atoms with Crippen molar-refractivity contribution in [3.05, 3.63) is 79.0 Å². The van der Waals surface area contributed by atoms with Crippen molar-refractivity contribution in [1.82, 2.24) is 28.8 Å². The molecule has 5 aromatic rings. The molecule has 0 aliphatic carbocycles. The van der Waals surface area contributed by atoms with E-state index in [0.717, 1.165) is 24.0 Å². The molecule has 2 aromatic carbocycles. The fourth-order valence-corrected chi connectivity index (χ4v) is 7.10. The number of hydrogen-bond donors (Lipinski definition) is 1. The maximum atomic E-state index is 14.0. The zero-order valence-corrected chi connectivity index (χ0v) is 29.4. The molecule has 1 saturated heterocycles. The van der Waals surface area contributed by atoms with Crippen LogP contribution in [-0.2, 0) is 14.8 Å². The molecule has 0 spiro atoms. The summed E-state index contributed by atoms with van der Waals surface area (Å²) in [6, 6.07) is 12.2. The second-order valence-corrected chi connectivity index (χ2v) is 15.3. The van der Waals surface area contributed by atoms with Crippen LogP contribution in [0.25, 0.3) is 33.4 Å². The van der Waals surface area contributed by atoms with Crippen molar-refractivity contribution in [1.29, 1.82) is 0 Å². The number of benzene rings is 2. The molecule has 1 atom stereocenters. The normalized spacial score (nSPS) is 15.4. The van der Waals surface area contributed by atoms with E-state index in [9.17, 15) is 13.2 Å². The number of aromatic nitrogens is 5. The molecular weight excluding hydrogens is 643 g/mol. The molecular formula is C36H41N7O5S. The van der Waals surface area contributed by atoms with Gasteiger partial charge in [0.2, 0.25) is 5.88 Å². The van der Waals surface area contributed by atoms with E-state index in [1.54, 1.807) is 66.2 Å². The lowest BCUT2D eigenvalue weighted by atomic mass is 10.1. The topological polar surface area (TPSA) is 141 Å². The molecule has 0 bridgehead atoms. The van der Waals surface area contributed by atoms with Crippen LogP contribution in [0.2, 0.25) is 0 Å². The number of nitrogens with one attached hydrogen (secondary N) is 1. The summed E-state index contributed by atoms with van der Waals surface area (Å²) in [7, 11) is -3.97. The quantitative estimate of drug-likeness (QED) is 0.188. The molecule has 12 nitrogen and oxygen atoms in total. The van der Waals surface area contributed by atoms with Gasteiger partial charge in [0.05, 0.1) is 52.7 Å². The van der Waals surface area contributed by atoms with Gasteiger partial charge in [-0.15, -0.1) is 0 Å². The molecule has 3 aromatic heterocycles. The number of carbonyl (C=O) groups excluding carboxylic acids is 1. The first-order valence-electron chi connectivity index (χ1n) is 16.3. The van der Waals surface area contributed by atoms with Crippen molar-refractivity contribution in [2.45, 2.75) is 77.0 Å². The Bertz CT molecular complexity index is 2090. The van der Waals surface area contributed by atoms with Crippen molar-refractivity contribution < 1.29 is 22.7 Å². The van der Waals surface area contributed by atoms with Crippen molar-refractivity contribution in [2.24, 2.45) is 0 Å². The Morgan fingerprint density at radius 2 is 1.71 bits per heavy atom.